The van der Waals surface area contributed by atoms with Gasteiger partial charge in [0, 0.05) is 0 Å². The third-order valence-electron chi connectivity index (χ3n) is 1.11. The summed E-state index contributed by atoms with van der Waals surface area (Å²) in [6.45, 7) is 0.892. The molecule has 0 rings (SSSR count). The van der Waals surface area contributed by atoms with Gasteiger partial charge in [-0.25, -0.2) is 5.73 Å². The molecule has 0 aromatic heterocycles. The molecule has 0 fully saturated rings. The van der Waals surface area contributed by atoms with Crippen LogP contribution in [0.3, 0.4) is 0 Å². The van der Waals surface area contributed by atoms with E-state index in [1.165, 1.54) is 0 Å². The molecule has 3 nitrogen and oxygen atoms in total. The third-order valence-corrected chi connectivity index (χ3v) is 1.11. The molecule has 1 radical (unpaired) electrons. The Morgan fingerprint density at radius 2 is 2.44 bits per heavy atom. The van der Waals surface area contributed by atoms with Crippen molar-refractivity contribution in [2.24, 2.45) is 0 Å². The number of carbonyl (C=O) groups is 1. The zero-order chi connectivity index (χ0) is 7.11. The molecule has 1 unspecified atom stereocenters. The molecule has 0 aliphatic heterocycles. The number of carbonyl (C=O) groups excluding carboxylic acids is 1. The van der Waals surface area contributed by atoms with Crippen molar-refractivity contribution in [3.05, 3.63) is 0 Å². The first-order valence-corrected chi connectivity index (χ1v) is 3.12. The van der Waals surface area contributed by atoms with Crippen LogP contribution in [0.2, 0.25) is 0 Å². The summed E-state index contributed by atoms with van der Waals surface area (Å²) in [4.78, 5) is 9.89. The van der Waals surface area contributed by atoms with Gasteiger partial charge in [-0.05, 0) is 26.4 Å². The molecule has 1 atom stereocenters. The second kappa shape index (κ2) is 5.72. The highest BCUT2D eigenvalue weighted by molar-refractivity contribution is 5.56. The van der Waals surface area contributed by atoms with Crippen molar-refractivity contribution < 1.29 is 4.79 Å². The minimum Gasteiger partial charge on any atom is -0.320 e. The average molecular weight is 129 g/mol. The van der Waals surface area contributed by atoms with E-state index in [4.69, 9.17) is 5.73 Å². The largest absolute Gasteiger partial charge is 0.320 e. The van der Waals surface area contributed by atoms with E-state index >= 15 is 0 Å². The minimum atomic E-state index is -0.515. The molecule has 0 saturated heterocycles. The van der Waals surface area contributed by atoms with Crippen molar-refractivity contribution in [2.45, 2.75) is 18.9 Å². The van der Waals surface area contributed by atoms with Gasteiger partial charge in [-0.1, -0.05) is 0 Å². The molecule has 0 aliphatic rings. The van der Waals surface area contributed by atoms with Gasteiger partial charge in [0.05, 0.1) is 6.04 Å². The first kappa shape index (κ1) is 8.59. The first-order valence-electron chi connectivity index (χ1n) is 3.12. The highest BCUT2D eigenvalue weighted by Gasteiger charge is 1.97. The number of rotatable bonds is 5. The van der Waals surface area contributed by atoms with Crippen molar-refractivity contribution in [1.82, 2.24) is 11.1 Å². The van der Waals surface area contributed by atoms with E-state index in [9.17, 15) is 4.79 Å². The summed E-state index contributed by atoms with van der Waals surface area (Å²) in [5, 5.41) is 2.95. The smallest absolute Gasteiger partial charge is 0.138 e. The lowest BCUT2D eigenvalue weighted by atomic mass is 10.2. The van der Waals surface area contributed by atoms with Crippen LogP contribution < -0.4 is 11.1 Å². The summed E-state index contributed by atoms with van der Waals surface area (Å²) in [7, 11) is 1.86. The van der Waals surface area contributed by atoms with Crippen LogP contribution in [-0.2, 0) is 4.79 Å². The summed E-state index contributed by atoms with van der Waals surface area (Å²) in [5.41, 5.74) is 7.00. The molecule has 2 N–H and O–H groups in total. The maximum Gasteiger partial charge on any atom is 0.138 e. The molecule has 3 heteroatoms. The fourth-order valence-corrected chi connectivity index (χ4v) is 0.567. The number of aldehydes is 1. The first-order chi connectivity index (χ1) is 4.31. The molecular weight excluding hydrogens is 116 g/mol. The summed E-state index contributed by atoms with van der Waals surface area (Å²) in [5.74, 6) is 0. The van der Waals surface area contributed by atoms with Crippen LogP contribution in [0.25, 0.3) is 0 Å². The Kier molecular flexibility index (Phi) is 5.46. The van der Waals surface area contributed by atoms with E-state index in [0.29, 0.717) is 12.7 Å². The second-order valence-electron chi connectivity index (χ2n) is 1.99. The van der Waals surface area contributed by atoms with Crippen LogP contribution in [0.1, 0.15) is 12.8 Å². The number of nitrogens with one attached hydrogen (secondary N) is 2. The van der Waals surface area contributed by atoms with Crippen molar-refractivity contribution in [1.29, 1.82) is 0 Å². The Morgan fingerprint density at radius 1 is 1.78 bits per heavy atom. The molecule has 0 bridgehead atoms. The molecule has 9 heavy (non-hydrogen) atoms. The summed E-state index contributed by atoms with van der Waals surface area (Å²) >= 11 is 0. The van der Waals surface area contributed by atoms with Crippen LogP contribution in [0.15, 0.2) is 0 Å². The van der Waals surface area contributed by atoms with Gasteiger partial charge in [0.1, 0.15) is 6.29 Å². The van der Waals surface area contributed by atoms with E-state index in [1.807, 2.05) is 7.05 Å². The van der Waals surface area contributed by atoms with Gasteiger partial charge in [-0.2, -0.15) is 0 Å². The number of hydrogen-bond donors (Lipinski definition) is 1. The van der Waals surface area contributed by atoms with Gasteiger partial charge in [0.15, 0.2) is 0 Å². The predicted octanol–water partition coefficient (Wildman–Crippen LogP) is -0.164. The van der Waals surface area contributed by atoms with Crippen LogP contribution in [0.4, 0.5) is 0 Å². The molecule has 0 aromatic rings. The van der Waals surface area contributed by atoms with Crippen molar-refractivity contribution in [2.75, 3.05) is 13.6 Å². The molecule has 0 aliphatic carbocycles. The molecule has 0 saturated carbocycles. The number of hydrogen-bond acceptors (Lipinski definition) is 2. The van der Waals surface area contributed by atoms with E-state index < -0.39 is 6.04 Å². The van der Waals surface area contributed by atoms with Crippen LogP contribution in [0, 0.1) is 0 Å². The van der Waals surface area contributed by atoms with E-state index in [2.05, 4.69) is 5.32 Å². The molecule has 0 spiro atoms. The molecular formula is C6H13N2O. The quantitative estimate of drug-likeness (QED) is 0.414. The van der Waals surface area contributed by atoms with E-state index in [-0.39, 0.29) is 0 Å². The zero-order valence-electron chi connectivity index (χ0n) is 5.68. The Bertz CT molecular complexity index is 75.5. The lowest BCUT2D eigenvalue weighted by molar-refractivity contribution is -0.109. The second-order valence-corrected chi connectivity index (χ2v) is 1.99. The fraction of sp³-hybridized carbons (Fsp3) is 0.833. The van der Waals surface area contributed by atoms with Gasteiger partial charge >= 0.3 is 0 Å². The topological polar surface area (TPSA) is 52.9 Å². The van der Waals surface area contributed by atoms with Gasteiger partial charge < -0.3 is 10.1 Å². The van der Waals surface area contributed by atoms with E-state index in [0.717, 1.165) is 13.0 Å². The van der Waals surface area contributed by atoms with Crippen LogP contribution in [-0.4, -0.2) is 25.9 Å². The lowest BCUT2D eigenvalue weighted by Gasteiger charge is -2.00. The van der Waals surface area contributed by atoms with Crippen LogP contribution >= 0.6 is 0 Å². The van der Waals surface area contributed by atoms with Gasteiger partial charge in [-0.3, -0.25) is 0 Å². The Morgan fingerprint density at radius 3 is 2.89 bits per heavy atom. The molecule has 0 heterocycles. The van der Waals surface area contributed by atoms with Gasteiger partial charge in [0.25, 0.3) is 0 Å². The lowest BCUT2D eigenvalue weighted by Crippen LogP contribution is -2.14. The maximum absolute atomic E-state index is 9.89. The average Bonchev–Trinajstić information content (AvgIpc) is 1.89. The zero-order valence-corrected chi connectivity index (χ0v) is 5.68. The SMILES string of the molecule is CNCCCC([NH])C=O. The Balaban J connectivity index is 2.96. The normalized spacial score (nSPS) is 13.1. The maximum atomic E-state index is 9.89. The van der Waals surface area contributed by atoms with Crippen molar-refractivity contribution >= 4 is 6.29 Å². The highest BCUT2D eigenvalue weighted by atomic mass is 16.1. The summed E-state index contributed by atoms with van der Waals surface area (Å²) in [6, 6.07) is -0.515. The monoisotopic (exact) mass is 129 g/mol. The van der Waals surface area contributed by atoms with Gasteiger partial charge in [-0.15, -0.1) is 0 Å². The highest BCUT2D eigenvalue weighted by Crippen LogP contribution is 1.90. The predicted molar refractivity (Wildman–Crippen MR) is 36.1 cm³/mol. The Labute approximate surface area is 55.6 Å². The molecule has 0 amide bonds. The summed E-state index contributed by atoms with van der Waals surface area (Å²) in [6.07, 6.45) is 2.25. The fourth-order valence-electron chi connectivity index (χ4n) is 0.567. The van der Waals surface area contributed by atoms with E-state index in [1.54, 1.807) is 0 Å². The minimum absolute atomic E-state index is 0.515. The summed E-state index contributed by atoms with van der Waals surface area (Å²) < 4.78 is 0. The Hall–Kier alpha value is -0.410. The molecule has 0 aromatic carbocycles. The third kappa shape index (κ3) is 5.46. The molecule has 53 valence electrons. The van der Waals surface area contributed by atoms with Crippen molar-refractivity contribution in [3.63, 3.8) is 0 Å². The van der Waals surface area contributed by atoms with Crippen LogP contribution in [0.5, 0.6) is 0 Å². The van der Waals surface area contributed by atoms with Gasteiger partial charge in [0.2, 0.25) is 0 Å². The standard InChI is InChI=1S/C6H13N2O/c1-8-4-2-3-6(7)5-9/h5-8H,2-4H2,1H3. The van der Waals surface area contributed by atoms with Crippen molar-refractivity contribution in [3.8, 4) is 0 Å².